The predicted octanol–water partition coefficient (Wildman–Crippen LogP) is 2.62. The number of benzene rings is 2. The van der Waals surface area contributed by atoms with Crippen molar-refractivity contribution in [2.45, 2.75) is 25.7 Å². The number of aliphatic hydroxyl groups excluding tert-OH is 1. The lowest BCUT2D eigenvalue weighted by Gasteiger charge is -2.23. The van der Waals surface area contributed by atoms with E-state index in [2.05, 4.69) is 5.32 Å². The van der Waals surface area contributed by atoms with Gasteiger partial charge in [0.25, 0.3) is 0 Å². The van der Waals surface area contributed by atoms with Crippen molar-refractivity contribution in [3.8, 4) is 17.2 Å². The Morgan fingerprint density at radius 3 is 2.33 bits per heavy atom. The van der Waals surface area contributed by atoms with Gasteiger partial charge in [-0.15, -0.1) is 0 Å². The average Bonchev–Trinajstić information content (AvgIpc) is 2.61. The van der Waals surface area contributed by atoms with Crippen LogP contribution in [0.5, 0.6) is 17.2 Å². The van der Waals surface area contributed by atoms with Gasteiger partial charge in [-0.25, -0.2) is 0 Å². The lowest BCUT2D eigenvalue weighted by Crippen LogP contribution is -2.43. The molecular formula is C19H25NO4. The molecule has 0 aliphatic rings. The Labute approximate surface area is 143 Å². The maximum atomic E-state index is 9.90. The number of para-hydroxylation sites is 1. The average molecular weight is 331 g/mol. The fraction of sp³-hybridized carbons (Fsp3) is 0.368. The molecule has 2 aromatic rings. The van der Waals surface area contributed by atoms with Crippen molar-refractivity contribution in [3.63, 3.8) is 0 Å². The Balaban J connectivity index is 1.91. The Kier molecular flexibility index (Phi) is 6.90. The summed E-state index contributed by atoms with van der Waals surface area (Å²) in [5, 5.41) is 13.1. The summed E-state index contributed by atoms with van der Waals surface area (Å²) in [6.07, 6.45) is -0.315. The smallest absolute Gasteiger partial charge is 0.176 e. The quantitative estimate of drug-likeness (QED) is 0.692. The van der Waals surface area contributed by atoms with Crippen LogP contribution in [0.1, 0.15) is 12.5 Å². The second-order valence-electron chi connectivity index (χ2n) is 5.49. The van der Waals surface area contributed by atoms with Crippen LogP contribution in [0.2, 0.25) is 0 Å². The standard InChI is InChI=1S/C19H25NO4/c1-14(21)19(24-16-7-5-4-6-8-16)20-12-11-15-9-10-17(22-2)18(13-15)23-3/h4-10,13-14,19-21H,11-12H2,1-3H3. The molecule has 0 amide bonds. The molecular weight excluding hydrogens is 306 g/mol. The fourth-order valence-corrected chi connectivity index (χ4v) is 2.35. The van der Waals surface area contributed by atoms with Crippen LogP contribution >= 0.6 is 0 Å². The molecule has 2 N–H and O–H groups in total. The van der Waals surface area contributed by atoms with Crippen LogP contribution < -0.4 is 19.5 Å². The Hall–Kier alpha value is -2.24. The summed E-state index contributed by atoms with van der Waals surface area (Å²) in [4.78, 5) is 0. The predicted molar refractivity (Wildman–Crippen MR) is 93.8 cm³/mol. The number of ether oxygens (including phenoxy) is 3. The van der Waals surface area contributed by atoms with Crippen molar-refractivity contribution < 1.29 is 19.3 Å². The van der Waals surface area contributed by atoms with E-state index in [-0.39, 0.29) is 0 Å². The van der Waals surface area contributed by atoms with E-state index in [1.807, 2.05) is 48.5 Å². The van der Waals surface area contributed by atoms with E-state index in [0.717, 1.165) is 17.7 Å². The SMILES string of the molecule is COc1ccc(CCNC(Oc2ccccc2)C(C)O)cc1OC. The molecule has 2 atom stereocenters. The summed E-state index contributed by atoms with van der Waals surface area (Å²) in [5.41, 5.74) is 1.12. The van der Waals surface area contributed by atoms with Gasteiger partial charge in [0, 0.05) is 6.54 Å². The van der Waals surface area contributed by atoms with E-state index in [4.69, 9.17) is 14.2 Å². The molecule has 0 heterocycles. The van der Waals surface area contributed by atoms with E-state index >= 15 is 0 Å². The van der Waals surface area contributed by atoms with Crippen molar-refractivity contribution >= 4 is 0 Å². The first-order chi connectivity index (χ1) is 11.6. The van der Waals surface area contributed by atoms with Crippen LogP contribution in [-0.4, -0.2) is 38.2 Å². The summed E-state index contributed by atoms with van der Waals surface area (Å²) in [5.74, 6) is 2.15. The van der Waals surface area contributed by atoms with Gasteiger partial charge in [-0.05, 0) is 43.2 Å². The maximum Gasteiger partial charge on any atom is 0.176 e. The van der Waals surface area contributed by atoms with Crippen molar-refractivity contribution in [1.82, 2.24) is 5.32 Å². The second kappa shape index (κ2) is 9.15. The first kappa shape index (κ1) is 18.1. The zero-order valence-electron chi connectivity index (χ0n) is 14.4. The van der Waals surface area contributed by atoms with Gasteiger partial charge in [-0.3, -0.25) is 5.32 Å². The van der Waals surface area contributed by atoms with Crippen molar-refractivity contribution in [2.24, 2.45) is 0 Å². The molecule has 0 aliphatic carbocycles. The second-order valence-corrected chi connectivity index (χ2v) is 5.49. The number of hydrogen-bond donors (Lipinski definition) is 2. The molecule has 130 valence electrons. The van der Waals surface area contributed by atoms with Crippen LogP contribution in [0.15, 0.2) is 48.5 Å². The minimum absolute atomic E-state index is 0.465. The van der Waals surface area contributed by atoms with Gasteiger partial charge in [-0.2, -0.15) is 0 Å². The van der Waals surface area contributed by atoms with E-state index in [9.17, 15) is 5.11 Å². The molecule has 24 heavy (non-hydrogen) atoms. The number of hydrogen-bond acceptors (Lipinski definition) is 5. The molecule has 5 nitrogen and oxygen atoms in total. The van der Waals surface area contributed by atoms with Gasteiger partial charge >= 0.3 is 0 Å². The molecule has 0 aromatic heterocycles. The van der Waals surface area contributed by atoms with Crippen molar-refractivity contribution in [2.75, 3.05) is 20.8 Å². The van der Waals surface area contributed by atoms with Crippen LogP contribution in [-0.2, 0) is 6.42 Å². The third-order valence-electron chi connectivity index (χ3n) is 3.65. The number of aliphatic hydroxyl groups is 1. The minimum Gasteiger partial charge on any atom is -0.493 e. The fourth-order valence-electron chi connectivity index (χ4n) is 2.35. The maximum absolute atomic E-state index is 9.90. The number of rotatable bonds is 9. The molecule has 2 rings (SSSR count). The van der Waals surface area contributed by atoms with Crippen LogP contribution in [0.25, 0.3) is 0 Å². The minimum atomic E-state index is -0.629. The third kappa shape index (κ3) is 5.15. The molecule has 0 radical (unpaired) electrons. The lowest BCUT2D eigenvalue weighted by molar-refractivity contribution is 0.0274. The van der Waals surface area contributed by atoms with E-state index in [0.29, 0.717) is 18.0 Å². The summed E-state index contributed by atoms with van der Waals surface area (Å²) in [6, 6.07) is 15.3. The van der Waals surface area contributed by atoms with Crippen LogP contribution in [0, 0.1) is 0 Å². The topological polar surface area (TPSA) is 60.0 Å². The Morgan fingerprint density at radius 2 is 1.71 bits per heavy atom. The van der Waals surface area contributed by atoms with Gasteiger partial charge in [0.05, 0.1) is 14.2 Å². The monoisotopic (exact) mass is 331 g/mol. The van der Waals surface area contributed by atoms with Crippen molar-refractivity contribution in [1.29, 1.82) is 0 Å². The molecule has 0 fully saturated rings. The zero-order chi connectivity index (χ0) is 17.4. The summed E-state index contributed by atoms with van der Waals surface area (Å²) >= 11 is 0. The van der Waals surface area contributed by atoms with Gasteiger partial charge in [-0.1, -0.05) is 24.3 Å². The summed E-state index contributed by atoms with van der Waals surface area (Å²) < 4.78 is 16.3. The van der Waals surface area contributed by atoms with E-state index < -0.39 is 12.3 Å². The van der Waals surface area contributed by atoms with Gasteiger partial charge < -0.3 is 19.3 Å². The summed E-state index contributed by atoms with van der Waals surface area (Å²) in [7, 11) is 3.24. The lowest BCUT2D eigenvalue weighted by atomic mass is 10.1. The molecule has 2 aromatic carbocycles. The largest absolute Gasteiger partial charge is 0.493 e. The zero-order valence-corrected chi connectivity index (χ0v) is 14.4. The highest BCUT2D eigenvalue weighted by Gasteiger charge is 2.16. The van der Waals surface area contributed by atoms with E-state index in [1.54, 1.807) is 21.1 Å². The highest BCUT2D eigenvalue weighted by molar-refractivity contribution is 5.42. The Morgan fingerprint density at radius 1 is 1.00 bits per heavy atom. The van der Waals surface area contributed by atoms with Gasteiger partial charge in [0.2, 0.25) is 0 Å². The summed E-state index contributed by atoms with van der Waals surface area (Å²) in [6.45, 7) is 2.37. The highest BCUT2D eigenvalue weighted by atomic mass is 16.5. The van der Waals surface area contributed by atoms with Crippen LogP contribution in [0.4, 0.5) is 0 Å². The normalized spacial score (nSPS) is 13.2. The Bertz CT molecular complexity index is 616. The highest BCUT2D eigenvalue weighted by Crippen LogP contribution is 2.27. The van der Waals surface area contributed by atoms with Crippen molar-refractivity contribution in [3.05, 3.63) is 54.1 Å². The first-order valence-corrected chi connectivity index (χ1v) is 7.98. The molecule has 0 saturated heterocycles. The number of methoxy groups -OCH3 is 2. The third-order valence-corrected chi connectivity index (χ3v) is 3.65. The number of nitrogens with one attached hydrogen (secondary N) is 1. The molecule has 5 heteroatoms. The van der Waals surface area contributed by atoms with Gasteiger partial charge in [0.15, 0.2) is 17.7 Å². The van der Waals surface area contributed by atoms with E-state index in [1.165, 1.54) is 0 Å². The van der Waals surface area contributed by atoms with Gasteiger partial charge in [0.1, 0.15) is 11.9 Å². The molecule has 0 aliphatic heterocycles. The van der Waals surface area contributed by atoms with Crippen LogP contribution in [0.3, 0.4) is 0 Å². The first-order valence-electron chi connectivity index (χ1n) is 7.98. The molecule has 0 saturated carbocycles. The molecule has 0 spiro atoms. The molecule has 0 bridgehead atoms. The molecule has 2 unspecified atom stereocenters.